The van der Waals surface area contributed by atoms with Crippen LogP contribution in [-0.2, 0) is 9.53 Å². The summed E-state index contributed by atoms with van der Waals surface area (Å²) in [6.45, 7) is 3.49. The van der Waals surface area contributed by atoms with Gasteiger partial charge in [-0.05, 0) is 48.9 Å². The van der Waals surface area contributed by atoms with Crippen molar-refractivity contribution in [2.45, 2.75) is 38.0 Å². The van der Waals surface area contributed by atoms with Crippen molar-refractivity contribution in [1.82, 2.24) is 15.1 Å². The highest BCUT2D eigenvalue weighted by Gasteiger charge is 2.54. The summed E-state index contributed by atoms with van der Waals surface area (Å²) < 4.78 is 22.2. The second-order valence-corrected chi connectivity index (χ2v) is 9.33. The molecule has 2 fully saturated rings. The molecule has 3 amide bonds. The Morgan fingerprint density at radius 3 is 2.41 bits per heavy atom. The summed E-state index contributed by atoms with van der Waals surface area (Å²) in [6.07, 6.45) is 1.57. The molecule has 2 aromatic rings. The van der Waals surface area contributed by atoms with E-state index in [-0.39, 0.29) is 31.1 Å². The molecule has 3 aliphatic heterocycles. The van der Waals surface area contributed by atoms with Gasteiger partial charge in [0.2, 0.25) is 12.7 Å². The standard InChI is InChI=1S/C27H31N3O7/c1-3-12-28-24(31)21-16-37-27(30(21)26(33)18-4-7-20(34-2)8-5-18)10-13-29(14-11-27)25(32)19-6-9-22-23(15-19)36-17-35-22/h4-9,15,21H,3,10-14,16-17H2,1-2H3,(H,28,31). The number of hydrogen-bond donors (Lipinski definition) is 1. The quantitative estimate of drug-likeness (QED) is 0.638. The summed E-state index contributed by atoms with van der Waals surface area (Å²) in [5, 5.41) is 2.90. The number of carbonyl (C=O) groups is 3. The molecule has 196 valence electrons. The van der Waals surface area contributed by atoms with Gasteiger partial charge in [0.25, 0.3) is 11.8 Å². The zero-order chi connectivity index (χ0) is 26.0. The monoisotopic (exact) mass is 509 g/mol. The number of methoxy groups -OCH3 is 1. The maximum absolute atomic E-state index is 13.8. The molecule has 0 radical (unpaired) electrons. The molecule has 1 atom stereocenters. The Bertz CT molecular complexity index is 1180. The fourth-order valence-corrected chi connectivity index (χ4v) is 5.08. The van der Waals surface area contributed by atoms with Crippen LogP contribution in [-0.4, -0.2) is 79.4 Å². The van der Waals surface area contributed by atoms with E-state index in [1.807, 2.05) is 6.92 Å². The van der Waals surface area contributed by atoms with Crippen LogP contribution in [0, 0.1) is 0 Å². The SMILES string of the molecule is CCCNC(=O)C1COC2(CCN(C(=O)c3ccc4c(c3)OCO4)CC2)N1C(=O)c1ccc(OC)cc1. The number of piperidine rings is 1. The Hall–Kier alpha value is -3.79. The number of rotatable bonds is 6. The highest BCUT2D eigenvalue weighted by Crippen LogP contribution is 2.39. The van der Waals surface area contributed by atoms with E-state index >= 15 is 0 Å². The summed E-state index contributed by atoms with van der Waals surface area (Å²) in [5.74, 6) is 1.16. The lowest BCUT2D eigenvalue weighted by molar-refractivity contribution is -0.128. The van der Waals surface area contributed by atoms with Gasteiger partial charge in [-0.2, -0.15) is 0 Å². The normalized spacial score (nSPS) is 19.7. The molecule has 0 saturated carbocycles. The molecule has 3 heterocycles. The zero-order valence-electron chi connectivity index (χ0n) is 21.0. The van der Waals surface area contributed by atoms with Crippen molar-refractivity contribution in [3.05, 3.63) is 53.6 Å². The van der Waals surface area contributed by atoms with Crippen LogP contribution in [0.25, 0.3) is 0 Å². The molecule has 1 unspecified atom stereocenters. The predicted octanol–water partition coefficient (Wildman–Crippen LogP) is 2.42. The van der Waals surface area contributed by atoms with Crippen molar-refractivity contribution in [2.75, 3.05) is 40.1 Å². The van der Waals surface area contributed by atoms with E-state index in [0.29, 0.717) is 60.9 Å². The second kappa shape index (κ2) is 10.3. The van der Waals surface area contributed by atoms with Gasteiger partial charge in [0.1, 0.15) is 17.5 Å². The van der Waals surface area contributed by atoms with Crippen LogP contribution in [0.1, 0.15) is 46.9 Å². The lowest BCUT2D eigenvalue weighted by Crippen LogP contribution is -2.59. The number of nitrogens with zero attached hydrogens (tertiary/aromatic N) is 2. The van der Waals surface area contributed by atoms with Crippen LogP contribution < -0.4 is 19.5 Å². The molecule has 1 N–H and O–H groups in total. The Labute approximate surface area is 215 Å². The molecule has 37 heavy (non-hydrogen) atoms. The first-order chi connectivity index (χ1) is 18.0. The largest absolute Gasteiger partial charge is 0.497 e. The molecule has 0 aromatic heterocycles. The maximum atomic E-state index is 13.8. The van der Waals surface area contributed by atoms with Crippen molar-refractivity contribution >= 4 is 17.7 Å². The third-order valence-corrected chi connectivity index (χ3v) is 7.12. The molecule has 10 heteroatoms. The summed E-state index contributed by atoms with van der Waals surface area (Å²) in [5.41, 5.74) is -0.0231. The van der Waals surface area contributed by atoms with Gasteiger partial charge in [0, 0.05) is 43.6 Å². The summed E-state index contributed by atoms with van der Waals surface area (Å²) in [7, 11) is 1.56. The third kappa shape index (κ3) is 4.69. The smallest absolute Gasteiger partial charge is 0.256 e. The molecule has 0 bridgehead atoms. The Balaban J connectivity index is 1.35. The fraction of sp³-hybridized carbons (Fsp3) is 0.444. The number of benzene rings is 2. The van der Waals surface area contributed by atoms with Gasteiger partial charge in [-0.15, -0.1) is 0 Å². The maximum Gasteiger partial charge on any atom is 0.256 e. The highest BCUT2D eigenvalue weighted by atomic mass is 16.7. The average Bonchev–Trinajstić information content (AvgIpc) is 3.56. The topological polar surface area (TPSA) is 107 Å². The molecule has 2 aromatic carbocycles. The van der Waals surface area contributed by atoms with Gasteiger partial charge in [0.15, 0.2) is 11.5 Å². The lowest BCUT2D eigenvalue weighted by Gasteiger charge is -2.44. The van der Waals surface area contributed by atoms with Crippen molar-refractivity contribution in [3.63, 3.8) is 0 Å². The van der Waals surface area contributed by atoms with Crippen LogP contribution in [0.5, 0.6) is 17.2 Å². The summed E-state index contributed by atoms with van der Waals surface area (Å²) in [4.78, 5) is 43.4. The number of nitrogens with one attached hydrogen (secondary N) is 1. The molecule has 1 spiro atoms. The Kier molecular flexibility index (Phi) is 6.92. The van der Waals surface area contributed by atoms with Crippen molar-refractivity contribution < 1.29 is 33.3 Å². The van der Waals surface area contributed by atoms with E-state index in [2.05, 4.69) is 5.32 Å². The lowest BCUT2D eigenvalue weighted by atomic mass is 9.96. The number of fused-ring (bicyclic) bond motifs is 1. The van der Waals surface area contributed by atoms with Crippen LogP contribution in [0.3, 0.4) is 0 Å². The Morgan fingerprint density at radius 2 is 1.70 bits per heavy atom. The predicted molar refractivity (Wildman–Crippen MR) is 133 cm³/mol. The van der Waals surface area contributed by atoms with E-state index in [1.54, 1.807) is 59.4 Å². The summed E-state index contributed by atoms with van der Waals surface area (Å²) >= 11 is 0. The Morgan fingerprint density at radius 1 is 1.00 bits per heavy atom. The van der Waals surface area contributed by atoms with E-state index < -0.39 is 11.8 Å². The number of carbonyl (C=O) groups excluding carboxylic acids is 3. The van der Waals surface area contributed by atoms with E-state index in [4.69, 9.17) is 18.9 Å². The van der Waals surface area contributed by atoms with Crippen LogP contribution in [0.2, 0.25) is 0 Å². The van der Waals surface area contributed by atoms with Crippen molar-refractivity contribution in [1.29, 1.82) is 0 Å². The molecule has 5 rings (SSSR count). The van der Waals surface area contributed by atoms with Gasteiger partial charge in [-0.25, -0.2) is 0 Å². The molecular weight excluding hydrogens is 478 g/mol. The van der Waals surface area contributed by atoms with Gasteiger partial charge in [-0.1, -0.05) is 6.92 Å². The highest BCUT2D eigenvalue weighted by molar-refractivity contribution is 5.99. The van der Waals surface area contributed by atoms with E-state index in [9.17, 15) is 14.4 Å². The number of ether oxygens (including phenoxy) is 4. The van der Waals surface area contributed by atoms with E-state index in [1.165, 1.54) is 0 Å². The average molecular weight is 510 g/mol. The first-order valence-electron chi connectivity index (χ1n) is 12.5. The summed E-state index contributed by atoms with van der Waals surface area (Å²) in [6, 6.07) is 11.2. The second-order valence-electron chi connectivity index (χ2n) is 9.33. The minimum atomic E-state index is -0.975. The third-order valence-electron chi connectivity index (χ3n) is 7.12. The minimum Gasteiger partial charge on any atom is -0.497 e. The zero-order valence-corrected chi connectivity index (χ0v) is 21.0. The van der Waals surface area contributed by atoms with Gasteiger partial charge >= 0.3 is 0 Å². The molecule has 0 aliphatic carbocycles. The molecule has 2 saturated heterocycles. The number of hydrogen-bond acceptors (Lipinski definition) is 7. The first kappa shape index (κ1) is 24.9. The van der Waals surface area contributed by atoms with E-state index in [0.717, 1.165) is 6.42 Å². The van der Waals surface area contributed by atoms with Gasteiger partial charge in [-0.3, -0.25) is 19.3 Å². The molecular formula is C27H31N3O7. The number of amides is 3. The van der Waals surface area contributed by atoms with Crippen LogP contribution >= 0.6 is 0 Å². The van der Waals surface area contributed by atoms with Crippen molar-refractivity contribution in [3.8, 4) is 17.2 Å². The van der Waals surface area contributed by atoms with Crippen molar-refractivity contribution in [2.24, 2.45) is 0 Å². The van der Waals surface area contributed by atoms with Gasteiger partial charge < -0.3 is 29.2 Å². The number of likely N-dealkylation sites (tertiary alicyclic amines) is 1. The molecule has 3 aliphatic rings. The molecule has 10 nitrogen and oxygen atoms in total. The first-order valence-corrected chi connectivity index (χ1v) is 12.5. The van der Waals surface area contributed by atoms with Crippen LogP contribution in [0.15, 0.2) is 42.5 Å². The van der Waals surface area contributed by atoms with Gasteiger partial charge in [0.05, 0.1) is 13.7 Å². The fourth-order valence-electron chi connectivity index (χ4n) is 5.08. The van der Waals surface area contributed by atoms with Crippen LogP contribution in [0.4, 0.5) is 0 Å². The minimum absolute atomic E-state index is 0.105.